The Labute approximate surface area is 140 Å². The van der Waals surface area contributed by atoms with E-state index in [0.29, 0.717) is 5.75 Å². The fourth-order valence-corrected chi connectivity index (χ4v) is 2.10. The van der Waals surface area contributed by atoms with Crippen molar-refractivity contribution >= 4 is 27.5 Å². The third kappa shape index (κ3) is 5.14. The summed E-state index contributed by atoms with van der Waals surface area (Å²) in [6, 6.07) is 10.0. The molecule has 4 nitrogen and oxygen atoms in total. The molecule has 0 fully saturated rings. The van der Waals surface area contributed by atoms with E-state index in [0.717, 1.165) is 22.7 Å². The van der Waals surface area contributed by atoms with Gasteiger partial charge in [-0.1, -0.05) is 22.0 Å². The largest absolute Gasteiger partial charge is 0.484 e. The summed E-state index contributed by atoms with van der Waals surface area (Å²) in [5.74, 6) is -1.19. The van der Waals surface area contributed by atoms with Crippen molar-refractivity contribution in [3.05, 3.63) is 64.1 Å². The van der Waals surface area contributed by atoms with Crippen LogP contribution in [-0.2, 0) is 4.79 Å². The number of carbonyl (C=O) groups is 1. The Morgan fingerprint density at radius 3 is 2.78 bits per heavy atom. The number of hydrogen-bond acceptors (Lipinski definition) is 3. The van der Waals surface area contributed by atoms with E-state index in [2.05, 4.69) is 26.5 Å². The van der Waals surface area contributed by atoms with E-state index in [9.17, 15) is 13.6 Å². The zero-order valence-electron chi connectivity index (χ0n) is 12.1. The number of carbonyl (C=O) groups excluding carboxylic acids is 1. The van der Waals surface area contributed by atoms with Gasteiger partial charge in [-0.2, -0.15) is 5.10 Å². The van der Waals surface area contributed by atoms with Gasteiger partial charge in [-0.15, -0.1) is 0 Å². The van der Waals surface area contributed by atoms with Crippen molar-refractivity contribution in [1.29, 1.82) is 0 Å². The summed E-state index contributed by atoms with van der Waals surface area (Å²) in [4.78, 5) is 11.7. The van der Waals surface area contributed by atoms with Crippen LogP contribution in [0.5, 0.6) is 5.75 Å². The number of hydrogen-bond donors (Lipinski definition) is 1. The maximum absolute atomic E-state index is 13.6. The molecule has 7 heteroatoms. The molecule has 0 aliphatic heterocycles. The standard InChI is InChI=1S/C16H13BrF2N2O2/c1-10(14-8-12(18)5-6-15(14)19)20-21-16(22)9-23-13-4-2-3-11(17)7-13/h2-8H,9H2,1H3,(H,21,22)/b20-10-. The molecule has 2 aromatic rings. The average molecular weight is 383 g/mol. The first-order valence-electron chi connectivity index (χ1n) is 6.62. The van der Waals surface area contributed by atoms with Crippen molar-refractivity contribution < 1.29 is 18.3 Å². The second kappa shape index (κ2) is 7.82. The molecule has 0 unspecified atom stereocenters. The minimum Gasteiger partial charge on any atom is -0.484 e. The van der Waals surface area contributed by atoms with Crippen LogP contribution in [0.15, 0.2) is 52.0 Å². The first-order valence-corrected chi connectivity index (χ1v) is 7.42. The van der Waals surface area contributed by atoms with Gasteiger partial charge in [-0.05, 0) is 43.3 Å². The fraction of sp³-hybridized carbons (Fsp3) is 0.125. The molecular formula is C16H13BrF2N2O2. The molecule has 0 bridgehead atoms. The van der Waals surface area contributed by atoms with Gasteiger partial charge < -0.3 is 4.74 Å². The van der Waals surface area contributed by atoms with Gasteiger partial charge >= 0.3 is 0 Å². The summed E-state index contributed by atoms with van der Waals surface area (Å²) in [5.41, 5.74) is 2.37. The number of rotatable bonds is 5. The predicted octanol–water partition coefficient (Wildman–Crippen LogP) is 3.65. The van der Waals surface area contributed by atoms with E-state index in [1.807, 2.05) is 6.07 Å². The highest BCUT2D eigenvalue weighted by atomic mass is 79.9. The summed E-state index contributed by atoms with van der Waals surface area (Å²) in [7, 11) is 0. The molecule has 120 valence electrons. The molecule has 2 rings (SSSR count). The number of nitrogens with zero attached hydrogens (tertiary/aromatic N) is 1. The van der Waals surface area contributed by atoms with Crippen LogP contribution in [0.25, 0.3) is 0 Å². The van der Waals surface area contributed by atoms with Crippen molar-refractivity contribution in [2.45, 2.75) is 6.92 Å². The molecule has 1 amide bonds. The van der Waals surface area contributed by atoms with Crippen LogP contribution in [-0.4, -0.2) is 18.2 Å². The van der Waals surface area contributed by atoms with Gasteiger partial charge in [0.1, 0.15) is 17.4 Å². The molecule has 0 spiro atoms. The zero-order valence-corrected chi connectivity index (χ0v) is 13.7. The Morgan fingerprint density at radius 2 is 2.04 bits per heavy atom. The Hall–Kier alpha value is -2.28. The molecule has 0 aliphatic rings. The van der Waals surface area contributed by atoms with Gasteiger partial charge in [0.05, 0.1) is 5.71 Å². The van der Waals surface area contributed by atoms with Crippen LogP contribution in [0.1, 0.15) is 12.5 Å². The number of nitrogens with one attached hydrogen (secondary N) is 1. The van der Waals surface area contributed by atoms with Crippen molar-refractivity contribution in [1.82, 2.24) is 5.43 Å². The van der Waals surface area contributed by atoms with Crippen LogP contribution in [0.4, 0.5) is 8.78 Å². The van der Waals surface area contributed by atoms with Gasteiger partial charge in [0.2, 0.25) is 0 Å². The van der Waals surface area contributed by atoms with Gasteiger partial charge in [-0.3, -0.25) is 4.79 Å². The number of hydrazone groups is 1. The highest BCUT2D eigenvalue weighted by Crippen LogP contribution is 2.17. The molecular weight excluding hydrogens is 370 g/mol. The number of amides is 1. The van der Waals surface area contributed by atoms with Crippen LogP contribution in [0.2, 0.25) is 0 Å². The lowest BCUT2D eigenvalue weighted by atomic mass is 10.1. The van der Waals surface area contributed by atoms with Crippen LogP contribution in [0, 0.1) is 11.6 Å². The molecule has 0 heterocycles. The SMILES string of the molecule is C/C(=N/NC(=O)COc1cccc(Br)c1)c1cc(F)ccc1F. The third-order valence-electron chi connectivity index (χ3n) is 2.83. The number of ether oxygens (including phenoxy) is 1. The van der Waals surface area contributed by atoms with Gasteiger partial charge in [-0.25, -0.2) is 14.2 Å². The fourth-order valence-electron chi connectivity index (χ4n) is 1.72. The summed E-state index contributed by atoms with van der Waals surface area (Å²) in [5, 5.41) is 3.75. The van der Waals surface area contributed by atoms with Crippen molar-refractivity contribution in [2.24, 2.45) is 5.10 Å². The summed E-state index contributed by atoms with van der Waals surface area (Å²) in [6.07, 6.45) is 0. The highest BCUT2D eigenvalue weighted by Gasteiger charge is 2.08. The van der Waals surface area contributed by atoms with Crippen molar-refractivity contribution in [3.8, 4) is 5.75 Å². The minimum atomic E-state index is -0.618. The highest BCUT2D eigenvalue weighted by molar-refractivity contribution is 9.10. The van der Waals surface area contributed by atoms with E-state index in [4.69, 9.17) is 4.74 Å². The van der Waals surface area contributed by atoms with E-state index in [1.165, 1.54) is 6.92 Å². The molecule has 0 radical (unpaired) electrons. The lowest BCUT2D eigenvalue weighted by Crippen LogP contribution is -2.25. The van der Waals surface area contributed by atoms with E-state index in [1.54, 1.807) is 18.2 Å². The van der Waals surface area contributed by atoms with Crippen LogP contribution in [0.3, 0.4) is 0 Å². The van der Waals surface area contributed by atoms with E-state index < -0.39 is 17.5 Å². The van der Waals surface area contributed by atoms with E-state index in [-0.39, 0.29) is 17.9 Å². The van der Waals surface area contributed by atoms with Crippen molar-refractivity contribution in [2.75, 3.05) is 6.61 Å². The zero-order chi connectivity index (χ0) is 16.8. The molecule has 0 aliphatic carbocycles. The molecule has 0 saturated heterocycles. The Balaban J connectivity index is 1.93. The molecule has 0 aromatic heterocycles. The molecule has 23 heavy (non-hydrogen) atoms. The Kier molecular flexibility index (Phi) is 5.81. The van der Waals surface area contributed by atoms with Crippen LogP contribution < -0.4 is 10.2 Å². The Bertz CT molecular complexity index is 751. The molecule has 0 saturated carbocycles. The number of benzene rings is 2. The minimum absolute atomic E-state index is 0.0155. The summed E-state index contributed by atoms with van der Waals surface area (Å²) >= 11 is 3.29. The molecule has 1 N–H and O–H groups in total. The number of halogens is 3. The normalized spacial score (nSPS) is 11.2. The molecule has 0 atom stereocenters. The Morgan fingerprint density at radius 1 is 1.26 bits per heavy atom. The summed E-state index contributed by atoms with van der Waals surface area (Å²) < 4.78 is 32.8. The average Bonchev–Trinajstić information content (AvgIpc) is 2.53. The maximum Gasteiger partial charge on any atom is 0.277 e. The van der Waals surface area contributed by atoms with Gasteiger partial charge in [0.15, 0.2) is 6.61 Å². The summed E-state index contributed by atoms with van der Waals surface area (Å²) in [6.45, 7) is 1.21. The molecule has 2 aromatic carbocycles. The first kappa shape index (κ1) is 17.1. The quantitative estimate of drug-likeness (QED) is 0.633. The van der Waals surface area contributed by atoms with Gasteiger partial charge in [0.25, 0.3) is 5.91 Å². The second-order valence-corrected chi connectivity index (χ2v) is 5.52. The maximum atomic E-state index is 13.6. The van der Waals surface area contributed by atoms with Gasteiger partial charge in [0, 0.05) is 10.0 Å². The third-order valence-corrected chi connectivity index (χ3v) is 3.33. The second-order valence-electron chi connectivity index (χ2n) is 4.60. The van der Waals surface area contributed by atoms with Crippen molar-refractivity contribution in [3.63, 3.8) is 0 Å². The van der Waals surface area contributed by atoms with Crippen LogP contribution >= 0.6 is 15.9 Å². The lowest BCUT2D eigenvalue weighted by molar-refractivity contribution is -0.123. The smallest absolute Gasteiger partial charge is 0.277 e. The lowest BCUT2D eigenvalue weighted by Gasteiger charge is -2.06. The first-order chi connectivity index (χ1) is 11.0. The monoisotopic (exact) mass is 382 g/mol. The predicted molar refractivity (Wildman–Crippen MR) is 86.3 cm³/mol. The van der Waals surface area contributed by atoms with E-state index >= 15 is 0 Å². The topological polar surface area (TPSA) is 50.7 Å².